The molecule has 0 unspecified atom stereocenters. The predicted octanol–water partition coefficient (Wildman–Crippen LogP) is 4.49. The number of hydrogen-bond donors (Lipinski definition) is 0. The smallest absolute Gasteiger partial charge is 0.133 e. The lowest BCUT2D eigenvalue weighted by Crippen LogP contribution is -1.94. The largest absolute Gasteiger partial charge is 0.192 e. The van der Waals surface area contributed by atoms with Crippen molar-refractivity contribution < 1.29 is 0 Å². The molecule has 0 aromatic heterocycles. The second kappa shape index (κ2) is 6.70. The summed E-state index contributed by atoms with van der Waals surface area (Å²) < 4.78 is 1.01. The molecule has 20 heavy (non-hydrogen) atoms. The topological polar surface area (TPSA) is 47.6 Å². The molecule has 2 nitrogen and oxygen atoms in total. The van der Waals surface area contributed by atoms with Crippen molar-refractivity contribution >= 4 is 21.5 Å². The molecule has 0 aliphatic heterocycles. The number of allylic oxidation sites excluding steroid dienone is 2. The minimum atomic E-state index is 0.166. The van der Waals surface area contributed by atoms with E-state index in [1.807, 2.05) is 66.7 Å². The minimum Gasteiger partial charge on any atom is -0.192 e. The Morgan fingerprint density at radius 2 is 1.50 bits per heavy atom. The van der Waals surface area contributed by atoms with Crippen molar-refractivity contribution in [3.8, 4) is 12.1 Å². The molecule has 0 N–H and O–H groups in total. The Morgan fingerprint density at radius 3 is 2.05 bits per heavy atom. The highest BCUT2D eigenvalue weighted by atomic mass is 79.9. The van der Waals surface area contributed by atoms with E-state index in [1.54, 1.807) is 0 Å². The fraction of sp³-hybridized carbons (Fsp3) is 0.0588. The molecule has 3 heteroatoms. The van der Waals surface area contributed by atoms with Gasteiger partial charge in [-0.05, 0) is 28.8 Å². The van der Waals surface area contributed by atoms with Crippen molar-refractivity contribution in [2.45, 2.75) is 6.42 Å². The van der Waals surface area contributed by atoms with Gasteiger partial charge in [-0.1, -0.05) is 58.4 Å². The number of benzene rings is 2. The molecular weight excluding hydrogens is 312 g/mol. The molecule has 0 aliphatic carbocycles. The van der Waals surface area contributed by atoms with Gasteiger partial charge < -0.3 is 0 Å². The van der Waals surface area contributed by atoms with Crippen LogP contribution in [0.5, 0.6) is 0 Å². The van der Waals surface area contributed by atoms with Crippen LogP contribution in [-0.2, 0) is 6.42 Å². The second-order valence-electron chi connectivity index (χ2n) is 4.25. The van der Waals surface area contributed by atoms with E-state index in [0.29, 0.717) is 6.42 Å². The monoisotopic (exact) mass is 322 g/mol. The van der Waals surface area contributed by atoms with Crippen LogP contribution < -0.4 is 0 Å². The summed E-state index contributed by atoms with van der Waals surface area (Å²) in [4.78, 5) is 0. The quantitative estimate of drug-likeness (QED) is 0.781. The Bertz CT molecular complexity index is 685. The van der Waals surface area contributed by atoms with Gasteiger partial charge in [0, 0.05) is 10.9 Å². The Kier molecular flexibility index (Phi) is 4.71. The highest BCUT2D eigenvalue weighted by Gasteiger charge is 2.10. The minimum absolute atomic E-state index is 0.166. The van der Waals surface area contributed by atoms with Gasteiger partial charge in [-0.15, -0.1) is 0 Å². The Labute approximate surface area is 126 Å². The number of nitriles is 2. The summed E-state index contributed by atoms with van der Waals surface area (Å²) in [5.41, 5.74) is 2.90. The highest BCUT2D eigenvalue weighted by molar-refractivity contribution is 9.10. The number of halogens is 1. The van der Waals surface area contributed by atoms with Crippen molar-refractivity contribution in [3.05, 3.63) is 75.8 Å². The van der Waals surface area contributed by atoms with Gasteiger partial charge in [0.25, 0.3) is 0 Å². The molecule has 0 saturated carbocycles. The second-order valence-corrected chi connectivity index (χ2v) is 5.16. The highest BCUT2D eigenvalue weighted by Crippen LogP contribution is 2.24. The van der Waals surface area contributed by atoms with Crippen LogP contribution in [0.15, 0.2) is 64.6 Å². The molecule has 0 saturated heterocycles. The standard InChI is InChI=1S/C17H11BrN2/c18-16-8-6-13(7-9-16)10-17(15(11-19)12-20)14-4-2-1-3-5-14/h1-9H,10H2. The molecule has 0 fully saturated rings. The van der Waals surface area contributed by atoms with Gasteiger partial charge in [-0.25, -0.2) is 0 Å². The summed E-state index contributed by atoms with van der Waals surface area (Å²) >= 11 is 3.40. The van der Waals surface area contributed by atoms with E-state index < -0.39 is 0 Å². The van der Waals surface area contributed by atoms with Crippen LogP contribution in [0.3, 0.4) is 0 Å². The first-order chi connectivity index (χ1) is 9.74. The van der Waals surface area contributed by atoms with Gasteiger partial charge in [0.15, 0.2) is 0 Å². The van der Waals surface area contributed by atoms with Crippen LogP contribution in [0.4, 0.5) is 0 Å². The van der Waals surface area contributed by atoms with E-state index in [0.717, 1.165) is 21.2 Å². The van der Waals surface area contributed by atoms with Crippen LogP contribution in [-0.4, -0.2) is 0 Å². The summed E-state index contributed by atoms with van der Waals surface area (Å²) in [6, 6.07) is 21.4. The van der Waals surface area contributed by atoms with Crippen molar-refractivity contribution in [2.24, 2.45) is 0 Å². The van der Waals surface area contributed by atoms with Crippen LogP contribution in [0, 0.1) is 22.7 Å². The molecule has 0 aliphatic rings. The lowest BCUT2D eigenvalue weighted by atomic mass is 9.94. The first kappa shape index (κ1) is 14.1. The van der Waals surface area contributed by atoms with E-state index in [-0.39, 0.29) is 5.57 Å². The number of hydrogen-bond acceptors (Lipinski definition) is 2. The summed E-state index contributed by atoms with van der Waals surface area (Å²) in [5, 5.41) is 18.3. The zero-order valence-corrected chi connectivity index (χ0v) is 12.3. The molecule has 0 spiro atoms. The molecule has 2 aromatic rings. The van der Waals surface area contributed by atoms with Crippen molar-refractivity contribution in [1.29, 1.82) is 10.5 Å². The van der Waals surface area contributed by atoms with E-state index >= 15 is 0 Å². The lowest BCUT2D eigenvalue weighted by molar-refractivity contribution is 1.26. The average Bonchev–Trinajstić information content (AvgIpc) is 2.50. The third kappa shape index (κ3) is 3.35. The molecule has 0 amide bonds. The molecular formula is C17H11BrN2. The SMILES string of the molecule is N#CC(C#N)=C(Cc1ccc(Br)cc1)c1ccccc1. The summed E-state index contributed by atoms with van der Waals surface area (Å²) in [7, 11) is 0. The normalized spacial score (nSPS) is 9.35. The third-order valence-electron chi connectivity index (χ3n) is 2.94. The Balaban J connectivity index is 2.45. The molecule has 0 bridgehead atoms. The zero-order chi connectivity index (χ0) is 14.4. The Morgan fingerprint density at radius 1 is 0.900 bits per heavy atom. The van der Waals surface area contributed by atoms with Crippen LogP contribution in [0.25, 0.3) is 5.57 Å². The Hall–Kier alpha value is -2.36. The van der Waals surface area contributed by atoms with Gasteiger partial charge in [-0.2, -0.15) is 10.5 Å². The maximum absolute atomic E-state index is 9.14. The lowest BCUT2D eigenvalue weighted by Gasteiger charge is -2.08. The first-order valence-corrected chi connectivity index (χ1v) is 6.87. The van der Waals surface area contributed by atoms with Crippen LogP contribution in [0.2, 0.25) is 0 Å². The van der Waals surface area contributed by atoms with Gasteiger partial charge >= 0.3 is 0 Å². The molecule has 96 valence electrons. The first-order valence-electron chi connectivity index (χ1n) is 6.08. The van der Waals surface area contributed by atoms with Gasteiger partial charge in [-0.3, -0.25) is 0 Å². The van der Waals surface area contributed by atoms with E-state index in [4.69, 9.17) is 10.5 Å². The predicted molar refractivity (Wildman–Crippen MR) is 82.4 cm³/mol. The van der Waals surface area contributed by atoms with Crippen LogP contribution >= 0.6 is 15.9 Å². The maximum Gasteiger partial charge on any atom is 0.133 e. The summed E-state index contributed by atoms with van der Waals surface area (Å²) in [6.45, 7) is 0. The van der Waals surface area contributed by atoms with Crippen molar-refractivity contribution in [3.63, 3.8) is 0 Å². The van der Waals surface area contributed by atoms with E-state index in [2.05, 4.69) is 15.9 Å². The van der Waals surface area contributed by atoms with Crippen molar-refractivity contribution in [1.82, 2.24) is 0 Å². The molecule has 2 rings (SSSR count). The fourth-order valence-electron chi connectivity index (χ4n) is 1.94. The molecule has 0 radical (unpaired) electrons. The van der Waals surface area contributed by atoms with E-state index in [9.17, 15) is 0 Å². The molecule has 0 atom stereocenters. The zero-order valence-electron chi connectivity index (χ0n) is 10.7. The molecule has 2 aromatic carbocycles. The van der Waals surface area contributed by atoms with E-state index in [1.165, 1.54) is 0 Å². The van der Waals surface area contributed by atoms with Gasteiger partial charge in [0.1, 0.15) is 17.7 Å². The fourth-order valence-corrected chi connectivity index (χ4v) is 2.20. The van der Waals surface area contributed by atoms with Crippen molar-refractivity contribution in [2.75, 3.05) is 0 Å². The van der Waals surface area contributed by atoms with Crippen LogP contribution in [0.1, 0.15) is 11.1 Å². The molecule has 0 heterocycles. The summed E-state index contributed by atoms with van der Waals surface area (Å²) in [6.07, 6.45) is 0.563. The van der Waals surface area contributed by atoms with Gasteiger partial charge in [0.2, 0.25) is 0 Å². The third-order valence-corrected chi connectivity index (χ3v) is 3.47. The maximum atomic E-state index is 9.14. The van der Waals surface area contributed by atoms with Gasteiger partial charge in [0.05, 0.1) is 0 Å². The number of nitrogens with zero attached hydrogens (tertiary/aromatic N) is 2. The number of rotatable bonds is 3. The average molecular weight is 323 g/mol. The summed E-state index contributed by atoms with van der Waals surface area (Å²) in [5.74, 6) is 0.